The second kappa shape index (κ2) is 6.61. The van der Waals surface area contributed by atoms with Crippen LogP contribution in [-0.2, 0) is 6.18 Å². The van der Waals surface area contributed by atoms with E-state index >= 15 is 0 Å². The number of alkyl halides is 3. The lowest BCUT2D eigenvalue weighted by molar-refractivity contribution is -0.139. The van der Waals surface area contributed by atoms with Crippen molar-refractivity contribution in [1.29, 1.82) is 0 Å². The van der Waals surface area contributed by atoms with Gasteiger partial charge in [0, 0.05) is 30.1 Å². The minimum Gasteiger partial charge on any atom is -0.497 e. The van der Waals surface area contributed by atoms with Gasteiger partial charge in [-0.3, -0.25) is 9.38 Å². The second-order valence-electron chi connectivity index (χ2n) is 6.55. The highest BCUT2D eigenvalue weighted by atomic mass is 19.4. The number of aromatic nitrogens is 4. The van der Waals surface area contributed by atoms with E-state index in [9.17, 15) is 13.2 Å². The van der Waals surface area contributed by atoms with Crippen LogP contribution in [0.5, 0.6) is 11.5 Å². The van der Waals surface area contributed by atoms with Gasteiger partial charge < -0.3 is 9.47 Å². The Morgan fingerprint density at radius 2 is 1.79 bits per heavy atom. The number of fused-ring (bicyclic) bond motifs is 3. The SMILES string of the molecule is COc1cc(OC)c2nc(C)c3c(C(F)(F)F)nc(-c4cnccc4C)n3c2c1. The molecular formula is C20H17F3N4O2. The van der Waals surface area contributed by atoms with Crippen molar-refractivity contribution < 1.29 is 22.6 Å². The first-order chi connectivity index (χ1) is 13.8. The molecular weight excluding hydrogens is 385 g/mol. The van der Waals surface area contributed by atoms with Crippen molar-refractivity contribution in [2.24, 2.45) is 0 Å². The predicted octanol–water partition coefficient (Wildman–Crippen LogP) is 4.60. The van der Waals surface area contributed by atoms with Gasteiger partial charge in [-0.1, -0.05) is 0 Å². The van der Waals surface area contributed by atoms with Gasteiger partial charge in [-0.05, 0) is 25.5 Å². The summed E-state index contributed by atoms with van der Waals surface area (Å²) >= 11 is 0. The van der Waals surface area contributed by atoms with Gasteiger partial charge in [0.2, 0.25) is 0 Å². The molecule has 0 fully saturated rings. The van der Waals surface area contributed by atoms with Crippen molar-refractivity contribution in [3.63, 3.8) is 0 Å². The molecule has 3 aromatic heterocycles. The molecule has 0 bridgehead atoms. The Labute approximate surface area is 163 Å². The zero-order valence-corrected chi connectivity index (χ0v) is 16.1. The molecule has 9 heteroatoms. The molecule has 4 rings (SSSR count). The van der Waals surface area contributed by atoms with Gasteiger partial charge >= 0.3 is 6.18 Å². The molecule has 0 aliphatic rings. The lowest BCUT2D eigenvalue weighted by Crippen LogP contribution is -2.08. The molecule has 0 saturated carbocycles. The monoisotopic (exact) mass is 402 g/mol. The van der Waals surface area contributed by atoms with E-state index in [1.807, 2.05) is 0 Å². The number of benzene rings is 1. The van der Waals surface area contributed by atoms with Crippen LogP contribution in [0.2, 0.25) is 0 Å². The number of hydrogen-bond acceptors (Lipinski definition) is 5. The minimum absolute atomic E-state index is 0.112. The van der Waals surface area contributed by atoms with E-state index in [1.54, 1.807) is 31.3 Å². The number of pyridine rings is 1. The number of aryl methyl sites for hydroxylation is 2. The highest BCUT2D eigenvalue weighted by Gasteiger charge is 2.38. The van der Waals surface area contributed by atoms with Crippen LogP contribution in [0.1, 0.15) is 17.0 Å². The molecule has 6 nitrogen and oxygen atoms in total. The first-order valence-electron chi connectivity index (χ1n) is 8.69. The summed E-state index contributed by atoms with van der Waals surface area (Å²) in [5, 5.41) is 0. The van der Waals surface area contributed by atoms with Crippen molar-refractivity contribution in [2.75, 3.05) is 14.2 Å². The molecule has 0 aliphatic carbocycles. The lowest BCUT2D eigenvalue weighted by Gasteiger charge is -2.13. The van der Waals surface area contributed by atoms with E-state index in [-0.39, 0.29) is 17.0 Å². The Bertz CT molecular complexity index is 1250. The summed E-state index contributed by atoms with van der Waals surface area (Å²) in [5.74, 6) is 0.946. The van der Waals surface area contributed by atoms with Crippen LogP contribution in [0.25, 0.3) is 27.9 Å². The predicted molar refractivity (Wildman–Crippen MR) is 101 cm³/mol. The molecule has 0 saturated heterocycles. The van der Waals surface area contributed by atoms with Gasteiger partial charge in [0.15, 0.2) is 5.69 Å². The molecule has 0 N–H and O–H groups in total. The standard InChI is InChI=1S/C20H17F3N4O2/c1-10-5-6-24-9-13(10)19-26-18(20(21,22)23)17-11(2)25-16-14(27(17)19)7-12(28-3)8-15(16)29-4/h5-9H,1-4H3. The molecule has 4 aromatic rings. The van der Waals surface area contributed by atoms with E-state index < -0.39 is 11.9 Å². The van der Waals surface area contributed by atoms with Crippen LogP contribution in [0.4, 0.5) is 13.2 Å². The number of ether oxygens (including phenoxy) is 2. The molecule has 0 amide bonds. The number of rotatable bonds is 3. The van der Waals surface area contributed by atoms with Crippen LogP contribution < -0.4 is 9.47 Å². The van der Waals surface area contributed by atoms with Crippen molar-refractivity contribution in [2.45, 2.75) is 20.0 Å². The maximum absolute atomic E-state index is 13.8. The molecule has 0 atom stereocenters. The topological polar surface area (TPSA) is 61.5 Å². The number of imidazole rings is 1. The summed E-state index contributed by atoms with van der Waals surface area (Å²) in [6.45, 7) is 3.32. The van der Waals surface area contributed by atoms with Crippen molar-refractivity contribution in [1.82, 2.24) is 19.4 Å². The second-order valence-corrected chi connectivity index (χ2v) is 6.55. The normalized spacial score (nSPS) is 12.0. The Hall–Kier alpha value is -3.36. The third kappa shape index (κ3) is 2.93. The average Bonchev–Trinajstić information content (AvgIpc) is 3.09. The third-order valence-corrected chi connectivity index (χ3v) is 4.77. The molecule has 0 aliphatic heterocycles. The summed E-state index contributed by atoms with van der Waals surface area (Å²) in [6, 6.07) is 4.98. The first-order valence-corrected chi connectivity index (χ1v) is 8.69. The largest absolute Gasteiger partial charge is 0.497 e. The van der Waals surface area contributed by atoms with Gasteiger partial charge in [-0.15, -0.1) is 0 Å². The van der Waals surface area contributed by atoms with Gasteiger partial charge in [0.1, 0.15) is 22.8 Å². The van der Waals surface area contributed by atoms with Crippen LogP contribution >= 0.6 is 0 Å². The van der Waals surface area contributed by atoms with Crippen LogP contribution in [0.15, 0.2) is 30.6 Å². The van der Waals surface area contributed by atoms with E-state index in [1.165, 1.54) is 31.7 Å². The third-order valence-electron chi connectivity index (χ3n) is 4.77. The summed E-state index contributed by atoms with van der Waals surface area (Å²) in [6.07, 6.45) is -1.57. The summed E-state index contributed by atoms with van der Waals surface area (Å²) < 4.78 is 53.7. The highest BCUT2D eigenvalue weighted by Crippen LogP contribution is 2.40. The molecule has 29 heavy (non-hydrogen) atoms. The number of nitrogens with zero attached hydrogens (tertiary/aromatic N) is 4. The Morgan fingerprint density at radius 1 is 1.03 bits per heavy atom. The fourth-order valence-electron chi connectivity index (χ4n) is 3.41. The van der Waals surface area contributed by atoms with Crippen molar-refractivity contribution >= 4 is 16.6 Å². The summed E-state index contributed by atoms with van der Waals surface area (Å²) in [7, 11) is 2.94. The molecule has 0 spiro atoms. The van der Waals surface area contributed by atoms with E-state index in [0.717, 1.165) is 5.56 Å². The molecule has 0 radical (unpaired) electrons. The minimum atomic E-state index is -4.65. The fourth-order valence-corrected chi connectivity index (χ4v) is 3.41. The molecule has 0 unspecified atom stereocenters. The lowest BCUT2D eigenvalue weighted by atomic mass is 10.1. The number of halogens is 3. The summed E-state index contributed by atoms with van der Waals surface area (Å²) in [5.41, 5.74) is 1.12. The smallest absolute Gasteiger partial charge is 0.435 e. The van der Waals surface area contributed by atoms with Crippen LogP contribution in [-0.4, -0.2) is 33.6 Å². The molecule has 3 heterocycles. The fraction of sp³-hybridized carbons (Fsp3) is 0.250. The quantitative estimate of drug-likeness (QED) is 0.501. The summed E-state index contributed by atoms with van der Waals surface area (Å²) in [4.78, 5) is 12.5. The maximum atomic E-state index is 13.8. The molecule has 1 aromatic carbocycles. The van der Waals surface area contributed by atoms with Gasteiger partial charge in [0.05, 0.1) is 30.9 Å². The zero-order valence-electron chi connectivity index (χ0n) is 16.1. The first kappa shape index (κ1) is 19.0. The Kier molecular flexibility index (Phi) is 4.33. The Balaban J connectivity index is 2.28. The van der Waals surface area contributed by atoms with Gasteiger partial charge in [-0.25, -0.2) is 9.97 Å². The number of methoxy groups -OCH3 is 2. The molecule has 150 valence electrons. The number of hydrogen-bond donors (Lipinski definition) is 0. The van der Waals surface area contributed by atoms with Gasteiger partial charge in [0.25, 0.3) is 0 Å². The average molecular weight is 402 g/mol. The van der Waals surface area contributed by atoms with Crippen molar-refractivity contribution in [3.05, 3.63) is 47.5 Å². The van der Waals surface area contributed by atoms with E-state index in [0.29, 0.717) is 28.1 Å². The Morgan fingerprint density at radius 3 is 2.41 bits per heavy atom. The van der Waals surface area contributed by atoms with Crippen LogP contribution in [0.3, 0.4) is 0 Å². The van der Waals surface area contributed by atoms with Crippen LogP contribution in [0, 0.1) is 13.8 Å². The van der Waals surface area contributed by atoms with Gasteiger partial charge in [-0.2, -0.15) is 13.2 Å². The van der Waals surface area contributed by atoms with E-state index in [4.69, 9.17) is 9.47 Å². The van der Waals surface area contributed by atoms with Crippen molar-refractivity contribution in [3.8, 4) is 22.9 Å². The maximum Gasteiger partial charge on any atom is 0.435 e. The highest BCUT2D eigenvalue weighted by molar-refractivity contribution is 5.89. The zero-order chi connectivity index (χ0) is 20.9. The van der Waals surface area contributed by atoms with E-state index in [2.05, 4.69) is 15.0 Å².